The summed E-state index contributed by atoms with van der Waals surface area (Å²) in [6.07, 6.45) is 6.94. The smallest absolute Gasteiger partial charge is 0.317 e. The van der Waals surface area contributed by atoms with E-state index < -0.39 is 0 Å². The first-order valence-corrected chi connectivity index (χ1v) is 7.26. The van der Waals surface area contributed by atoms with Gasteiger partial charge in [0.15, 0.2) is 0 Å². The van der Waals surface area contributed by atoms with Crippen molar-refractivity contribution in [3.8, 4) is 0 Å². The number of hydrogen-bond acceptors (Lipinski definition) is 5. The van der Waals surface area contributed by atoms with E-state index in [-0.39, 0.29) is 6.03 Å². The average molecular weight is 298 g/mol. The van der Waals surface area contributed by atoms with Gasteiger partial charge < -0.3 is 15.1 Å². The van der Waals surface area contributed by atoms with Gasteiger partial charge in [-0.05, 0) is 17.7 Å². The molecule has 0 aromatic carbocycles. The third-order valence-corrected chi connectivity index (χ3v) is 3.57. The molecule has 22 heavy (non-hydrogen) atoms. The zero-order chi connectivity index (χ0) is 15.2. The third kappa shape index (κ3) is 3.49. The topological polar surface area (TPSA) is 74.2 Å². The summed E-state index contributed by atoms with van der Waals surface area (Å²) in [6, 6.07) is 5.56. The van der Waals surface area contributed by atoms with Crippen molar-refractivity contribution in [1.29, 1.82) is 0 Å². The fourth-order valence-electron chi connectivity index (χ4n) is 2.36. The minimum Gasteiger partial charge on any atom is -0.337 e. The van der Waals surface area contributed by atoms with E-state index in [1.165, 1.54) is 0 Å². The number of carbonyl (C=O) groups is 1. The van der Waals surface area contributed by atoms with E-state index in [9.17, 15) is 4.79 Å². The number of amides is 2. The fourth-order valence-corrected chi connectivity index (χ4v) is 2.36. The molecule has 1 fully saturated rings. The van der Waals surface area contributed by atoms with Crippen LogP contribution in [0, 0.1) is 0 Å². The molecule has 1 aliphatic rings. The minimum absolute atomic E-state index is 0.0440. The zero-order valence-corrected chi connectivity index (χ0v) is 12.2. The Labute approximate surface area is 129 Å². The predicted molar refractivity (Wildman–Crippen MR) is 82.3 cm³/mol. The van der Waals surface area contributed by atoms with Gasteiger partial charge in [0.1, 0.15) is 0 Å². The van der Waals surface area contributed by atoms with Crippen molar-refractivity contribution in [3.63, 3.8) is 0 Å². The molecule has 0 bridgehead atoms. The first-order chi connectivity index (χ1) is 10.8. The lowest BCUT2D eigenvalue weighted by molar-refractivity contribution is 0.193. The van der Waals surface area contributed by atoms with Crippen LogP contribution in [0.3, 0.4) is 0 Å². The van der Waals surface area contributed by atoms with E-state index in [4.69, 9.17) is 0 Å². The number of urea groups is 1. The summed E-state index contributed by atoms with van der Waals surface area (Å²) in [5.41, 5.74) is 0.993. The molecule has 2 aromatic rings. The number of hydrogen-bond donors (Lipinski definition) is 1. The summed E-state index contributed by atoms with van der Waals surface area (Å²) < 4.78 is 0. The van der Waals surface area contributed by atoms with E-state index in [1.54, 1.807) is 30.9 Å². The van der Waals surface area contributed by atoms with Crippen molar-refractivity contribution in [3.05, 3.63) is 48.5 Å². The van der Waals surface area contributed by atoms with Crippen molar-refractivity contribution < 1.29 is 4.79 Å². The molecule has 0 radical (unpaired) electrons. The van der Waals surface area contributed by atoms with Gasteiger partial charge in [0, 0.05) is 57.5 Å². The van der Waals surface area contributed by atoms with Gasteiger partial charge in [0.05, 0.1) is 0 Å². The summed E-state index contributed by atoms with van der Waals surface area (Å²) in [4.78, 5) is 28.6. The van der Waals surface area contributed by atoms with Gasteiger partial charge in [-0.1, -0.05) is 6.07 Å². The van der Waals surface area contributed by atoms with E-state index in [0.29, 0.717) is 19.6 Å². The van der Waals surface area contributed by atoms with Gasteiger partial charge in [-0.3, -0.25) is 4.98 Å². The molecule has 3 heterocycles. The molecular weight excluding hydrogens is 280 g/mol. The minimum atomic E-state index is -0.0440. The molecule has 0 spiro atoms. The van der Waals surface area contributed by atoms with Crippen LogP contribution in [0.15, 0.2) is 43.0 Å². The van der Waals surface area contributed by atoms with Crippen LogP contribution in [0.4, 0.5) is 10.7 Å². The number of piperazine rings is 1. The Hall–Kier alpha value is -2.70. The van der Waals surface area contributed by atoms with Crippen LogP contribution in [-0.4, -0.2) is 52.1 Å². The summed E-state index contributed by atoms with van der Waals surface area (Å²) in [5.74, 6) is 0.720. The summed E-state index contributed by atoms with van der Waals surface area (Å²) in [7, 11) is 0. The monoisotopic (exact) mass is 298 g/mol. The Morgan fingerprint density at radius 2 is 1.86 bits per heavy atom. The second kappa shape index (κ2) is 6.84. The van der Waals surface area contributed by atoms with E-state index in [2.05, 4.69) is 25.2 Å². The highest BCUT2D eigenvalue weighted by Crippen LogP contribution is 2.09. The maximum Gasteiger partial charge on any atom is 0.317 e. The Bertz CT molecular complexity index is 598. The number of anilines is 1. The van der Waals surface area contributed by atoms with Crippen LogP contribution in [0.5, 0.6) is 0 Å². The fraction of sp³-hybridized carbons (Fsp3) is 0.333. The average Bonchev–Trinajstić information content (AvgIpc) is 2.61. The number of carbonyl (C=O) groups excluding carboxylic acids is 1. The van der Waals surface area contributed by atoms with Crippen LogP contribution in [0.2, 0.25) is 0 Å². The Balaban J connectivity index is 1.48. The maximum atomic E-state index is 12.2. The molecule has 7 heteroatoms. The quantitative estimate of drug-likeness (QED) is 0.911. The van der Waals surface area contributed by atoms with Crippen LogP contribution >= 0.6 is 0 Å². The lowest BCUT2D eigenvalue weighted by Gasteiger charge is -2.34. The zero-order valence-electron chi connectivity index (χ0n) is 12.2. The van der Waals surface area contributed by atoms with Crippen LogP contribution in [-0.2, 0) is 6.54 Å². The molecule has 1 aliphatic heterocycles. The van der Waals surface area contributed by atoms with Gasteiger partial charge in [-0.15, -0.1) is 0 Å². The molecule has 0 atom stereocenters. The Kier molecular flexibility index (Phi) is 4.43. The lowest BCUT2D eigenvalue weighted by Crippen LogP contribution is -2.52. The van der Waals surface area contributed by atoms with Crippen LogP contribution in [0.25, 0.3) is 0 Å². The molecule has 1 N–H and O–H groups in total. The Morgan fingerprint density at radius 3 is 2.55 bits per heavy atom. The molecule has 7 nitrogen and oxygen atoms in total. The van der Waals surface area contributed by atoms with Crippen molar-refractivity contribution in [1.82, 2.24) is 25.2 Å². The first-order valence-electron chi connectivity index (χ1n) is 7.26. The van der Waals surface area contributed by atoms with Gasteiger partial charge in [0.25, 0.3) is 0 Å². The van der Waals surface area contributed by atoms with Gasteiger partial charge in [-0.25, -0.2) is 14.8 Å². The van der Waals surface area contributed by atoms with Crippen LogP contribution < -0.4 is 10.2 Å². The van der Waals surface area contributed by atoms with Crippen molar-refractivity contribution >= 4 is 12.0 Å². The van der Waals surface area contributed by atoms with Crippen molar-refractivity contribution in [2.24, 2.45) is 0 Å². The van der Waals surface area contributed by atoms with Crippen molar-refractivity contribution in [2.45, 2.75) is 6.54 Å². The highest BCUT2D eigenvalue weighted by Gasteiger charge is 2.22. The third-order valence-electron chi connectivity index (χ3n) is 3.57. The second-order valence-electron chi connectivity index (χ2n) is 5.04. The molecule has 114 valence electrons. The highest BCUT2D eigenvalue weighted by molar-refractivity contribution is 5.74. The van der Waals surface area contributed by atoms with E-state index >= 15 is 0 Å². The normalized spacial score (nSPS) is 14.7. The molecule has 0 saturated carbocycles. The first kappa shape index (κ1) is 14.2. The highest BCUT2D eigenvalue weighted by atomic mass is 16.2. The molecule has 0 aliphatic carbocycles. The second-order valence-corrected chi connectivity index (χ2v) is 5.04. The number of nitrogens with zero attached hydrogens (tertiary/aromatic N) is 5. The molecule has 3 rings (SSSR count). The lowest BCUT2D eigenvalue weighted by atomic mass is 10.3. The van der Waals surface area contributed by atoms with Crippen LogP contribution in [0.1, 0.15) is 5.56 Å². The number of nitrogens with one attached hydrogen (secondary N) is 1. The summed E-state index contributed by atoms with van der Waals surface area (Å²) >= 11 is 0. The van der Waals surface area contributed by atoms with E-state index in [0.717, 1.165) is 24.6 Å². The van der Waals surface area contributed by atoms with E-state index in [1.807, 2.05) is 17.0 Å². The largest absolute Gasteiger partial charge is 0.337 e. The molecule has 2 amide bonds. The summed E-state index contributed by atoms with van der Waals surface area (Å²) in [5, 5.41) is 2.92. The Morgan fingerprint density at radius 1 is 1.09 bits per heavy atom. The van der Waals surface area contributed by atoms with Gasteiger partial charge in [-0.2, -0.15) is 0 Å². The van der Waals surface area contributed by atoms with Crippen molar-refractivity contribution in [2.75, 3.05) is 31.1 Å². The molecule has 2 aromatic heterocycles. The van der Waals surface area contributed by atoms with Gasteiger partial charge in [0.2, 0.25) is 5.95 Å². The maximum absolute atomic E-state index is 12.2. The molecular formula is C15H18N6O. The predicted octanol–water partition coefficient (Wildman–Crippen LogP) is 0.903. The standard InChI is InChI=1S/C15H18N6O/c22-15(19-12-13-3-1-4-16-11-13)21-9-7-20(8-10-21)14-17-5-2-6-18-14/h1-6,11H,7-10,12H2,(H,19,22). The summed E-state index contributed by atoms with van der Waals surface area (Å²) in [6.45, 7) is 3.30. The number of aromatic nitrogens is 3. The SMILES string of the molecule is O=C(NCc1cccnc1)N1CCN(c2ncccn2)CC1. The molecule has 1 saturated heterocycles. The van der Waals surface area contributed by atoms with Gasteiger partial charge >= 0.3 is 6.03 Å². The number of pyridine rings is 1. The number of rotatable bonds is 3. The molecule has 0 unspecified atom stereocenters.